The number of fused-ring (bicyclic) bond motifs is 2. The first-order chi connectivity index (χ1) is 7.75. The molecule has 4 heteroatoms. The Labute approximate surface area is 102 Å². The zero-order chi connectivity index (χ0) is 11.1. The van der Waals surface area contributed by atoms with E-state index < -0.39 is 0 Å². The average Bonchev–Trinajstić information content (AvgIpc) is 2.80. The Balaban J connectivity index is 1.88. The van der Waals surface area contributed by atoms with Crippen molar-refractivity contribution in [3.05, 3.63) is 34.7 Å². The van der Waals surface area contributed by atoms with Gasteiger partial charge in [-0.3, -0.25) is 4.79 Å². The molecule has 0 radical (unpaired) electrons. The van der Waals surface area contributed by atoms with Crippen molar-refractivity contribution in [2.75, 3.05) is 0 Å². The minimum atomic E-state index is 0.0163. The normalized spacial score (nSPS) is 27.4. The number of hydrogen-bond donors (Lipinski definition) is 0. The van der Waals surface area contributed by atoms with Crippen molar-refractivity contribution in [3.63, 3.8) is 0 Å². The van der Waals surface area contributed by atoms with Crippen LogP contribution in [0.3, 0.4) is 0 Å². The van der Waals surface area contributed by atoms with Gasteiger partial charge in [0.05, 0.1) is 6.04 Å². The molecule has 0 aromatic carbocycles. The topological polar surface area (TPSA) is 33.5 Å². The quantitative estimate of drug-likeness (QED) is 0.742. The predicted molar refractivity (Wildman–Crippen MR) is 63.1 cm³/mol. The van der Waals surface area contributed by atoms with Crippen LogP contribution in [0.15, 0.2) is 33.4 Å². The lowest BCUT2D eigenvalue weighted by molar-refractivity contribution is 0.0654. The van der Waals surface area contributed by atoms with Crippen molar-refractivity contribution < 1.29 is 9.21 Å². The Kier molecular flexibility index (Phi) is 2.39. The highest BCUT2D eigenvalue weighted by Crippen LogP contribution is 2.33. The van der Waals surface area contributed by atoms with Crippen LogP contribution in [0.1, 0.15) is 29.8 Å². The Hall–Kier alpha value is -1.03. The third-order valence-corrected chi connectivity index (χ3v) is 3.76. The molecule has 3 heterocycles. The Morgan fingerprint density at radius 3 is 3.00 bits per heavy atom. The molecule has 3 rings (SSSR count). The number of nitrogens with zero attached hydrogens (tertiary/aromatic N) is 1. The molecule has 1 amide bonds. The van der Waals surface area contributed by atoms with Crippen LogP contribution in [-0.2, 0) is 0 Å². The number of halogens is 1. The lowest BCUT2D eigenvalue weighted by Crippen LogP contribution is -2.41. The molecule has 0 spiro atoms. The maximum absolute atomic E-state index is 12.3. The van der Waals surface area contributed by atoms with Crippen LogP contribution in [-0.4, -0.2) is 22.9 Å². The van der Waals surface area contributed by atoms with E-state index in [4.69, 9.17) is 4.42 Å². The molecule has 2 aliphatic heterocycles. The van der Waals surface area contributed by atoms with Gasteiger partial charge in [-0.05, 0) is 47.3 Å². The molecule has 2 bridgehead atoms. The summed E-state index contributed by atoms with van der Waals surface area (Å²) >= 11 is 3.22. The molecule has 2 unspecified atom stereocenters. The SMILES string of the molecule is O=C(c1ccc(Br)o1)N1C2C=CCC1CC2. The zero-order valence-electron chi connectivity index (χ0n) is 8.73. The van der Waals surface area contributed by atoms with E-state index in [0.29, 0.717) is 16.5 Å². The first-order valence-corrected chi connectivity index (χ1v) is 6.29. The van der Waals surface area contributed by atoms with Gasteiger partial charge in [-0.25, -0.2) is 0 Å². The summed E-state index contributed by atoms with van der Waals surface area (Å²) in [6, 6.07) is 4.13. The second-order valence-corrected chi connectivity index (χ2v) is 5.06. The number of furan rings is 1. The van der Waals surface area contributed by atoms with Gasteiger partial charge in [-0.1, -0.05) is 12.2 Å². The number of hydrogen-bond acceptors (Lipinski definition) is 2. The monoisotopic (exact) mass is 281 g/mol. The van der Waals surface area contributed by atoms with E-state index in [1.807, 2.05) is 4.90 Å². The van der Waals surface area contributed by atoms with Crippen molar-refractivity contribution in [1.29, 1.82) is 0 Å². The first-order valence-electron chi connectivity index (χ1n) is 5.50. The maximum atomic E-state index is 12.3. The lowest BCUT2D eigenvalue weighted by atomic mass is 10.1. The Bertz CT molecular complexity index is 452. The third-order valence-electron chi connectivity index (χ3n) is 3.33. The molecular formula is C12H12BrNO2. The van der Waals surface area contributed by atoms with Crippen LogP contribution >= 0.6 is 15.9 Å². The predicted octanol–water partition coefficient (Wildman–Crippen LogP) is 2.98. The van der Waals surface area contributed by atoms with E-state index in [0.717, 1.165) is 19.3 Å². The molecule has 16 heavy (non-hydrogen) atoms. The summed E-state index contributed by atoms with van der Waals surface area (Å²) in [6.07, 6.45) is 7.48. The van der Waals surface area contributed by atoms with Crippen LogP contribution in [0.5, 0.6) is 0 Å². The molecular weight excluding hydrogens is 270 g/mol. The molecule has 0 aliphatic carbocycles. The van der Waals surface area contributed by atoms with Crippen LogP contribution in [0.2, 0.25) is 0 Å². The molecule has 0 saturated carbocycles. The van der Waals surface area contributed by atoms with Gasteiger partial charge in [-0.2, -0.15) is 0 Å². The lowest BCUT2D eigenvalue weighted by Gasteiger charge is -2.30. The van der Waals surface area contributed by atoms with Gasteiger partial charge in [0.25, 0.3) is 5.91 Å². The molecule has 1 saturated heterocycles. The Morgan fingerprint density at radius 2 is 2.31 bits per heavy atom. The maximum Gasteiger partial charge on any atom is 0.290 e. The fourth-order valence-electron chi connectivity index (χ4n) is 2.60. The molecule has 3 nitrogen and oxygen atoms in total. The van der Waals surface area contributed by atoms with Gasteiger partial charge in [0, 0.05) is 6.04 Å². The van der Waals surface area contributed by atoms with Gasteiger partial charge in [0.2, 0.25) is 0 Å². The van der Waals surface area contributed by atoms with Crippen LogP contribution in [0.25, 0.3) is 0 Å². The number of amides is 1. The molecule has 0 N–H and O–H groups in total. The van der Waals surface area contributed by atoms with Crippen molar-refractivity contribution in [2.24, 2.45) is 0 Å². The van der Waals surface area contributed by atoms with E-state index in [2.05, 4.69) is 28.1 Å². The molecule has 2 atom stereocenters. The second kappa shape index (κ2) is 3.77. The van der Waals surface area contributed by atoms with E-state index in [-0.39, 0.29) is 11.9 Å². The number of carbonyl (C=O) groups is 1. The van der Waals surface area contributed by atoms with E-state index in [1.54, 1.807) is 12.1 Å². The van der Waals surface area contributed by atoms with E-state index in [1.165, 1.54) is 0 Å². The summed E-state index contributed by atoms with van der Waals surface area (Å²) in [5, 5.41) is 0. The summed E-state index contributed by atoms with van der Waals surface area (Å²) in [5.41, 5.74) is 0. The fourth-order valence-corrected chi connectivity index (χ4v) is 2.90. The standard InChI is InChI=1S/C12H12BrNO2/c13-11-7-6-10(16-11)12(15)14-8-2-1-3-9(14)5-4-8/h1-2,6-9H,3-5H2. The van der Waals surface area contributed by atoms with Crippen molar-refractivity contribution in [3.8, 4) is 0 Å². The molecule has 1 aromatic rings. The highest BCUT2D eigenvalue weighted by Gasteiger charge is 2.38. The number of carbonyl (C=O) groups excluding carboxylic acids is 1. The van der Waals surface area contributed by atoms with Crippen molar-refractivity contribution in [2.45, 2.75) is 31.3 Å². The van der Waals surface area contributed by atoms with Crippen LogP contribution < -0.4 is 0 Å². The summed E-state index contributed by atoms with van der Waals surface area (Å²) in [5.74, 6) is 0.446. The third kappa shape index (κ3) is 1.52. The van der Waals surface area contributed by atoms with Gasteiger partial charge in [0.1, 0.15) is 0 Å². The van der Waals surface area contributed by atoms with E-state index in [9.17, 15) is 4.79 Å². The molecule has 1 aromatic heterocycles. The Morgan fingerprint density at radius 1 is 1.44 bits per heavy atom. The highest BCUT2D eigenvalue weighted by molar-refractivity contribution is 9.10. The first kappa shape index (κ1) is 10.1. The minimum Gasteiger partial charge on any atom is -0.444 e. The molecule has 84 valence electrons. The van der Waals surface area contributed by atoms with Gasteiger partial charge in [-0.15, -0.1) is 0 Å². The fraction of sp³-hybridized carbons (Fsp3) is 0.417. The van der Waals surface area contributed by atoms with Crippen molar-refractivity contribution in [1.82, 2.24) is 4.90 Å². The highest BCUT2D eigenvalue weighted by atomic mass is 79.9. The summed E-state index contributed by atoms with van der Waals surface area (Å²) < 4.78 is 5.93. The van der Waals surface area contributed by atoms with Gasteiger partial charge < -0.3 is 9.32 Å². The smallest absolute Gasteiger partial charge is 0.290 e. The minimum absolute atomic E-state index is 0.0163. The van der Waals surface area contributed by atoms with Gasteiger partial charge in [0.15, 0.2) is 10.4 Å². The summed E-state index contributed by atoms with van der Waals surface area (Å²) in [6.45, 7) is 0. The molecule has 1 fully saturated rings. The van der Waals surface area contributed by atoms with Crippen LogP contribution in [0.4, 0.5) is 0 Å². The second-order valence-electron chi connectivity index (χ2n) is 4.28. The largest absolute Gasteiger partial charge is 0.444 e. The summed E-state index contributed by atoms with van der Waals surface area (Å²) in [4.78, 5) is 14.2. The van der Waals surface area contributed by atoms with Gasteiger partial charge >= 0.3 is 0 Å². The average molecular weight is 282 g/mol. The zero-order valence-corrected chi connectivity index (χ0v) is 10.3. The van der Waals surface area contributed by atoms with Crippen molar-refractivity contribution >= 4 is 21.8 Å². The summed E-state index contributed by atoms with van der Waals surface area (Å²) in [7, 11) is 0. The number of rotatable bonds is 1. The molecule has 2 aliphatic rings. The van der Waals surface area contributed by atoms with E-state index >= 15 is 0 Å². The van der Waals surface area contributed by atoms with Crippen LogP contribution in [0, 0.1) is 0 Å².